The number of hydrogen-bond donors (Lipinski definition) is 1. The van der Waals surface area contributed by atoms with Crippen LogP contribution in [0.25, 0.3) is 0 Å². The molecule has 2 rings (SSSR count). The van der Waals surface area contributed by atoms with Gasteiger partial charge in [-0.15, -0.1) is 0 Å². The lowest BCUT2D eigenvalue weighted by atomic mass is 10.2. The number of rotatable bonds is 4. The van der Waals surface area contributed by atoms with Gasteiger partial charge in [-0.1, -0.05) is 6.07 Å². The van der Waals surface area contributed by atoms with Crippen LogP contribution in [0.4, 0.5) is 11.4 Å². The molecule has 1 aromatic carbocycles. The Kier molecular flexibility index (Phi) is 3.38. The first-order chi connectivity index (χ1) is 8.15. The summed E-state index contributed by atoms with van der Waals surface area (Å²) in [5, 5.41) is 0. The molecule has 2 N–H and O–H groups in total. The first-order valence-corrected chi connectivity index (χ1v) is 5.77. The van der Waals surface area contributed by atoms with Crippen molar-refractivity contribution in [2.24, 2.45) is 0 Å². The van der Waals surface area contributed by atoms with E-state index in [9.17, 15) is 0 Å². The number of hydrogen-bond acceptors (Lipinski definition) is 3. The van der Waals surface area contributed by atoms with E-state index >= 15 is 0 Å². The van der Waals surface area contributed by atoms with Gasteiger partial charge in [-0.05, 0) is 37.3 Å². The van der Waals surface area contributed by atoms with E-state index in [-0.39, 0.29) is 0 Å². The molecular weight excluding hydrogens is 212 g/mol. The number of likely N-dealkylation sites (N-methyl/N-ethyl adjacent to an activating group) is 1. The molecule has 0 saturated heterocycles. The van der Waals surface area contributed by atoms with Crippen LogP contribution in [0, 0.1) is 6.92 Å². The van der Waals surface area contributed by atoms with Crippen LogP contribution in [0.15, 0.2) is 40.8 Å². The van der Waals surface area contributed by atoms with Gasteiger partial charge in [0.25, 0.3) is 0 Å². The smallest absolute Gasteiger partial charge is 0.105 e. The largest absolute Gasteiger partial charge is 0.466 e. The van der Waals surface area contributed by atoms with Gasteiger partial charge < -0.3 is 15.1 Å². The minimum Gasteiger partial charge on any atom is -0.466 e. The summed E-state index contributed by atoms with van der Waals surface area (Å²) >= 11 is 0. The Labute approximate surface area is 102 Å². The average molecular weight is 230 g/mol. The molecule has 0 fully saturated rings. The molecule has 3 nitrogen and oxygen atoms in total. The maximum atomic E-state index is 5.76. The Morgan fingerprint density at radius 1 is 1.24 bits per heavy atom. The molecule has 2 aromatic rings. The van der Waals surface area contributed by atoms with Crippen LogP contribution in [-0.2, 0) is 6.42 Å². The van der Waals surface area contributed by atoms with E-state index in [1.165, 1.54) is 0 Å². The molecule has 0 aliphatic carbocycles. The molecule has 1 aromatic heterocycles. The zero-order chi connectivity index (χ0) is 12.3. The summed E-state index contributed by atoms with van der Waals surface area (Å²) in [7, 11) is 2.06. The Bertz CT molecular complexity index is 490. The van der Waals surface area contributed by atoms with Crippen molar-refractivity contribution in [2.75, 3.05) is 24.2 Å². The van der Waals surface area contributed by atoms with Gasteiger partial charge >= 0.3 is 0 Å². The Morgan fingerprint density at radius 2 is 2.06 bits per heavy atom. The van der Waals surface area contributed by atoms with E-state index in [2.05, 4.69) is 18.0 Å². The van der Waals surface area contributed by atoms with Crippen LogP contribution in [0.1, 0.15) is 11.5 Å². The van der Waals surface area contributed by atoms with Crippen molar-refractivity contribution in [1.29, 1.82) is 0 Å². The molecule has 0 aliphatic heterocycles. The van der Waals surface area contributed by atoms with Crippen LogP contribution in [0.5, 0.6) is 0 Å². The van der Waals surface area contributed by atoms with Crippen molar-refractivity contribution in [3.8, 4) is 0 Å². The third-order valence-electron chi connectivity index (χ3n) is 2.80. The molecule has 0 unspecified atom stereocenters. The minimum atomic E-state index is 0.795. The number of nitrogen functional groups attached to an aromatic ring is 1. The zero-order valence-electron chi connectivity index (χ0n) is 10.3. The topological polar surface area (TPSA) is 42.4 Å². The van der Waals surface area contributed by atoms with Crippen LogP contribution in [0.3, 0.4) is 0 Å². The van der Waals surface area contributed by atoms with Crippen molar-refractivity contribution in [3.05, 3.63) is 47.9 Å². The molecule has 0 aliphatic rings. The molecule has 0 saturated carbocycles. The van der Waals surface area contributed by atoms with Gasteiger partial charge in [0.05, 0.1) is 0 Å². The molecule has 0 atom stereocenters. The second-order valence-electron chi connectivity index (χ2n) is 4.28. The normalized spacial score (nSPS) is 10.5. The fourth-order valence-electron chi connectivity index (χ4n) is 1.79. The SMILES string of the molecule is Cc1ccc(CCN(C)c2cccc(N)c2)o1. The molecule has 3 heteroatoms. The molecule has 0 amide bonds. The number of nitrogens with zero attached hydrogens (tertiary/aromatic N) is 1. The maximum absolute atomic E-state index is 5.76. The molecule has 0 radical (unpaired) electrons. The number of nitrogens with two attached hydrogens (primary N) is 1. The van der Waals surface area contributed by atoms with E-state index in [0.29, 0.717) is 0 Å². The summed E-state index contributed by atoms with van der Waals surface area (Å²) in [6.07, 6.45) is 0.902. The summed E-state index contributed by atoms with van der Waals surface area (Å²) in [6.45, 7) is 2.88. The number of aryl methyl sites for hydroxylation is 1. The second kappa shape index (κ2) is 4.95. The minimum absolute atomic E-state index is 0.795. The van der Waals surface area contributed by atoms with Crippen LogP contribution >= 0.6 is 0 Å². The van der Waals surface area contributed by atoms with Crippen molar-refractivity contribution in [2.45, 2.75) is 13.3 Å². The van der Waals surface area contributed by atoms with Gasteiger partial charge in [0.1, 0.15) is 11.5 Å². The lowest BCUT2D eigenvalue weighted by Gasteiger charge is -2.18. The predicted molar refractivity (Wildman–Crippen MR) is 71.3 cm³/mol. The van der Waals surface area contributed by atoms with E-state index in [1.807, 2.05) is 37.3 Å². The highest BCUT2D eigenvalue weighted by molar-refractivity contribution is 5.55. The third-order valence-corrected chi connectivity index (χ3v) is 2.80. The number of benzene rings is 1. The van der Waals surface area contributed by atoms with Gasteiger partial charge in [-0.25, -0.2) is 0 Å². The molecule has 1 heterocycles. The van der Waals surface area contributed by atoms with Crippen molar-refractivity contribution < 1.29 is 4.42 Å². The summed E-state index contributed by atoms with van der Waals surface area (Å²) in [6, 6.07) is 11.9. The van der Waals surface area contributed by atoms with Crippen molar-refractivity contribution >= 4 is 11.4 Å². The molecule has 0 bridgehead atoms. The van der Waals surface area contributed by atoms with Gasteiger partial charge in [-0.2, -0.15) is 0 Å². The zero-order valence-corrected chi connectivity index (χ0v) is 10.3. The first-order valence-electron chi connectivity index (χ1n) is 5.77. The molecule has 90 valence electrons. The Hall–Kier alpha value is -1.90. The van der Waals surface area contributed by atoms with E-state index in [1.54, 1.807) is 0 Å². The number of anilines is 2. The van der Waals surface area contributed by atoms with E-state index in [4.69, 9.17) is 10.2 Å². The van der Waals surface area contributed by atoms with Gasteiger partial charge in [0.15, 0.2) is 0 Å². The van der Waals surface area contributed by atoms with Crippen LogP contribution < -0.4 is 10.6 Å². The fourth-order valence-corrected chi connectivity index (χ4v) is 1.79. The average Bonchev–Trinajstić information content (AvgIpc) is 2.72. The summed E-state index contributed by atoms with van der Waals surface area (Å²) in [5.41, 5.74) is 7.69. The Balaban J connectivity index is 1.95. The first kappa shape index (κ1) is 11.6. The summed E-state index contributed by atoms with van der Waals surface area (Å²) in [5.74, 6) is 1.99. The van der Waals surface area contributed by atoms with Gasteiger partial charge in [0.2, 0.25) is 0 Å². The van der Waals surface area contributed by atoms with Crippen molar-refractivity contribution in [3.63, 3.8) is 0 Å². The quantitative estimate of drug-likeness (QED) is 0.821. The van der Waals surface area contributed by atoms with E-state index in [0.717, 1.165) is 35.9 Å². The maximum Gasteiger partial charge on any atom is 0.105 e. The summed E-state index contributed by atoms with van der Waals surface area (Å²) in [4.78, 5) is 2.17. The number of furan rings is 1. The van der Waals surface area contributed by atoms with Crippen LogP contribution in [-0.4, -0.2) is 13.6 Å². The lowest BCUT2D eigenvalue weighted by molar-refractivity contribution is 0.483. The molecular formula is C14H18N2O. The monoisotopic (exact) mass is 230 g/mol. The summed E-state index contributed by atoms with van der Waals surface area (Å²) < 4.78 is 5.54. The van der Waals surface area contributed by atoms with E-state index < -0.39 is 0 Å². The van der Waals surface area contributed by atoms with Crippen molar-refractivity contribution in [1.82, 2.24) is 0 Å². The molecule has 17 heavy (non-hydrogen) atoms. The third kappa shape index (κ3) is 3.03. The standard InChI is InChI=1S/C14H18N2O/c1-11-6-7-14(17-11)8-9-16(2)13-5-3-4-12(15)10-13/h3-7,10H,8-9,15H2,1-2H3. The van der Waals surface area contributed by atoms with Gasteiger partial charge in [-0.3, -0.25) is 0 Å². The fraction of sp³-hybridized carbons (Fsp3) is 0.286. The lowest BCUT2D eigenvalue weighted by Crippen LogP contribution is -2.20. The highest BCUT2D eigenvalue weighted by Gasteiger charge is 2.03. The molecule has 0 spiro atoms. The highest BCUT2D eigenvalue weighted by Crippen LogP contribution is 2.16. The predicted octanol–water partition coefficient (Wildman–Crippen LogP) is 2.85. The van der Waals surface area contributed by atoms with Crippen LogP contribution in [0.2, 0.25) is 0 Å². The highest BCUT2D eigenvalue weighted by atomic mass is 16.3. The van der Waals surface area contributed by atoms with Gasteiger partial charge in [0, 0.05) is 31.4 Å². The Morgan fingerprint density at radius 3 is 2.71 bits per heavy atom. The second-order valence-corrected chi connectivity index (χ2v) is 4.28.